The first-order valence-corrected chi connectivity index (χ1v) is 12.3. The maximum absolute atomic E-state index is 13.4. The lowest BCUT2D eigenvalue weighted by molar-refractivity contribution is -0.140. The van der Waals surface area contributed by atoms with E-state index >= 15 is 0 Å². The van der Waals surface area contributed by atoms with Crippen LogP contribution in [0.15, 0.2) is 58.2 Å². The number of allylic oxidation sites excluding steroid dienone is 2. The second-order valence-corrected chi connectivity index (χ2v) is 9.07. The van der Waals surface area contributed by atoms with Crippen molar-refractivity contribution in [2.75, 3.05) is 20.2 Å². The molecule has 0 spiro atoms. The van der Waals surface area contributed by atoms with Gasteiger partial charge in [-0.25, -0.2) is 9.97 Å². The maximum Gasteiger partial charge on any atom is 0.433 e. The Balaban J connectivity index is 1.56. The lowest BCUT2D eigenvalue weighted by Crippen LogP contribution is -2.39. The van der Waals surface area contributed by atoms with Gasteiger partial charge in [0.25, 0.3) is 5.91 Å². The van der Waals surface area contributed by atoms with Gasteiger partial charge in [-0.3, -0.25) is 9.79 Å². The fraction of sp³-hybridized carbons (Fsp3) is 0.333. The molecular weight excluding hydrogens is 513 g/mol. The number of nitrogens with zero attached hydrogens (tertiary/aromatic N) is 4. The number of benzene rings is 1. The number of aromatic nitrogens is 2. The van der Waals surface area contributed by atoms with E-state index in [0.29, 0.717) is 36.4 Å². The molecule has 3 heterocycles. The highest BCUT2D eigenvalue weighted by molar-refractivity contribution is 5.98. The van der Waals surface area contributed by atoms with Gasteiger partial charge in [-0.15, -0.1) is 0 Å². The highest BCUT2D eigenvalue weighted by Crippen LogP contribution is 2.37. The molecule has 2 aromatic heterocycles. The van der Waals surface area contributed by atoms with Crippen molar-refractivity contribution in [2.24, 2.45) is 22.4 Å². The molecule has 0 aliphatic carbocycles. The third-order valence-corrected chi connectivity index (χ3v) is 6.53. The van der Waals surface area contributed by atoms with Crippen LogP contribution in [0.2, 0.25) is 0 Å². The van der Waals surface area contributed by atoms with Gasteiger partial charge in [0.1, 0.15) is 17.0 Å². The summed E-state index contributed by atoms with van der Waals surface area (Å²) in [6.45, 7) is 4.93. The normalized spacial score (nSPS) is 15.1. The largest absolute Gasteiger partial charge is 0.494 e. The molecule has 1 aliphatic heterocycles. The maximum atomic E-state index is 13.4. The summed E-state index contributed by atoms with van der Waals surface area (Å²) in [4.78, 5) is 27.5. The zero-order valence-corrected chi connectivity index (χ0v) is 21.4. The minimum absolute atomic E-state index is 0.00255. The van der Waals surface area contributed by atoms with Crippen LogP contribution >= 0.6 is 0 Å². The third-order valence-electron chi connectivity index (χ3n) is 6.53. The van der Waals surface area contributed by atoms with E-state index in [4.69, 9.17) is 20.6 Å². The predicted molar refractivity (Wildman–Crippen MR) is 141 cm³/mol. The van der Waals surface area contributed by atoms with Crippen molar-refractivity contribution in [3.05, 3.63) is 66.0 Å². The topological polar surface area (TPSA) is 133 Å². The Labute approximate surface area is 223 Å². The minimum Gasteiger partial charge on any atom is -0.494 e. The van der Waals surface area contributed by atoms with Gasteiger partial charge in [0.15, 0.2) is 11.5 Å². The molecule has 1 fully saturated rings. The lowest BCUT2D eigenvalue weighted by atomic mass is 9.92. The SMILES string of the molecule is C=C(CC1CCN(C(=O)c2nc(-c3ccc(OC)c4nc(C(F)(F)F)ccc34)oc2CN)CC1)N=C/C=C\N. The van der Waals surface area contributed by atoms with E-state index in [-0.39, 0.29) is 41.1 Å². The van der Waals surface area contributed by atoms with Crippen molar-refractivity contribution < 1.29 is 27.1 Å². The number of halogens is 3. The number of oxazole rings is 1. The number of fused-ring (bicyclic) bond motifs is 1. The molecule has 0 radical (unpaired) electrons. The van der Waals surface area contributed by atoms with Crippen molar-refractivity contribution in [1.29, 1.82) is 0 Å². The summed E-state index contributed by atoms with van der Waals surface area (Å²) in [6, 6.07) is 5.24. The van der Waals surface area contributed by atoms with Crippen LogP contribution in [0.5, 0.6) is 5.75 Å². The number of nitrogens with two attached hydrogens (primary N) is 2. The van der Waals surface area contributed by atoms with Crippen molar-refractivity contribution in [3.8, 4) is 17.2 Å². The first kappa shape index (κ1) is 27.8. The van der Waals surface area contributed by atoms with Crippen LogP contribution in [-0.4, -0.2) is 47.2 Å². The molecule has 1 saturated heterocycles. The molecule has 39 heavy (non-hydrogen) atoms. The number of methoxy groups -OCH3 is 1. The van der Waals surface area contributed by atoms with Crippen LogP contribution in [0.1, 0.15) is 41.2 Å². The van der Waals surface area contributed by atoms with E-state index < -0.39 is 11.9 Å². The Morgan fingerprint density at radius 3 is 2.64 bits per heavy atom. The average molecular weight is 543 g/mol. The molecular formula is C27H29F3N6O3. The van der Waals surface area contributed by atoms with Crippen molar-refractivity contribution in [3.63, 3.8) is 0 Å². The standard InChI is InChI=1S/C27H29F3N6O3/c1-16(33-11-3-10-31)14-17-8-12-36(13-9-17)26(37)24-21(15-32)39-25(35-24)19-4-6-20(38-2)23-18(19)5-7-22(34-23)27(28,29)30/h3-7,10-11,17H,1,8-9,12-15,31-32H2,2H3/b10-3-,33-11?. The van der Waals surface area contributed by atoms with E-state index in [1.54, 1.807) is 23.3 Å². The molecule has 0 unspecified atom stereocenters. The molecule has 206 valence electrons. The molecule has 0 bridgehead atoms. The fourth-order valence-electron chi connectivity index (χ4n) is 4.55. The van der Waals surface area contributed by atoms with E-state index in [9.17, 15) is 18.0 Å². The second-order valence-electron chi connectivity index (χ2n) is 9.07. The Morgan fingerprint density at radius 2 is 2.00 bits per heavy atom. The summed E-state index contributed by atoms with van der Waals surface area (Å²) >= 11 is 0. The molecule has 9 nitrogen and oxygen atoms in total. The number of aliphatic imine (C=N–C) groups is 1. The van der Waals surface area contributed by atoms with Crippen LogP contribution in [0.25, 0.3) is 22.4 Å². The van der Waals surface area contributed by atoms with E-state index in [1.807, 2.05) is 0 Å². The molecule has 3 aromatic rings. The molecule has 1 aromatic carbocycles. The highest BCUT2D eigenvalue weighted by Gasteiger charge is 2.33. The molecule has 1 amide bonds. The second kappa shape index (κ2) is 11.7. The smallest absolute Gasteiger partial charge is 0.433 e. The van der Waals surface area contributed by atoms with Gasteiger partial charge >= 0.3 is 6.18 Å². The van der Waals surface area contributed by atoms with Gasteiger partial charge in [-0.05, 0) is 61.7 Å². The Hall–Kier alpha value is -4.19. The number of hydrogen-bond donors (Lipinski definition) is 2. The average Bonchev–Trinajstić information content (AvgIpc) is 3.36. The zero-order valence-electron chi connectivity index (χ0n) is 21.4. The lowest BCUT2D eigenvalue weighted by Gasteiger charge is -2.31. The molecule has 12 heteroatoms. The van der Waals surface area contributed by atoms with Gasteiger partial charge in [0.05, 0.1) is 13.7 Å². The summed E-state index contributed by atoms with van der Waals surface area (Å²) in [5, 5.41) is 0.330. The summed E-state index contributed by atoms with van der Waals surface area (Å²) in [7, 11) is 1.34. The number of pyridine rings is 1. The van der Waals surface area contributed by atoms with Crippen LogP contribution in [0.3, 0.4) is 0 Å². The van der Waals surface area contributed by atoms with E-state index in [2.05, 4.69) is 21.5 Å². The van der Waals surface area contributed by atoms with Crippen LogP contribution in [-0.2, 0) is 12.7 Å². The molecule has 1 aliphatic rings. The van der Waals surface area contributed by atoms with Gasteiger partial charge < -0.3 is 25.5 Å². The van der Waals surface area contributed by atoms with Crippen molar-refractivity contribution >= 4 is 23.0 Å². The number of amides is 1. The summed E-state index contributed by atoms with van der Waals surface area (Å²) in [6.07, 6.45) is 2.24. The summed E-state index contributed by atoms with van der Waals surface area (Å²) in [5.41, 5.74) is 11.3. The predicted octanol–water partition coefficient (Wildman–Crippen LogP) is 4.68. The van der Waals surface area contributed by atoms with Gasteiger partial charge in [-0.1, -0.05) is 6.58 Å². The molecule has 0 atom stereocenters. The van der Waals surface area contributed by atoms with E-state index in [1.165, 1.54) is 25.4 Å². The fourth-order valence-corrected chi connectivity index (χ4v) is 4.55. The van der Waals surface area contributed by atoms with Crippen LogP contribution in [0, 0.1) is 5.92 Å². The Morgan fingerprint density at radius 1 is 1.26 bits per heavy atom. The van der Waals surface area contributed by atoms with Crippen molar-refractivity contribution in [2.45, 2.75) is 32.0 Å². The van der Waals surface area contributed by atoms with Crippen molar-refractivity contribution in [1.82, 2.24) is 14.9 Å². The first-order valence-electron chi connectivity index (χ1n) is 12.3. The monoisotopic (exact) mass is 542 g/mol. The number of hydrogen-bond acceptors (Lipinski definition) is 8. The molecule has 0 saturated carbocycles. The Bertz CT molecular complexity index is 1420. The highest BCUT2D eigenvalue weighted by atomic mass is 19.4. The number of alkyl halides is 3. The van der Waals surface area contributed by atoms with Crippen LogP contribution < -0.4 is 16.2 Å². The van der Waals surface area contributed by atoms with Gasteiger partial charge in [0, 0.05) is 36.0 Å². The number of piperidine rings is 1. The van der Waals surface area contributed by atoms with Crippen LogP contribution in [0.4, 0.5) is 13.2 Å². The number of carbonyl (C=O) groups is 1. The summed E-state index contributed by atoms with van der Waals surface area (Å²) < 4.78 is 50.9. The molecule has 4 rings (SSSR count). The number of ether oxygens (including phenoxy) is 1. The summed E-state index contributed by atoms with van der Waals surface area (Å²) in [5.74, 6) is 0.431. The third kappa shape index (κ3) is 6.11. The first-order chi connectivity index (χ1) is 18.7. The minimum atomic E-state index is -4.62. The number of likely N-dealkylation sites (tertiary alicyclic amines) is 1. The quantitative estimate of drug-likeness (QED) is 0.395. The number of rotatable bonds is 8. The van der Waals surface area contributed by atoms with Gasteiger partial charge in [0.2, 0.25) is 5.89 Å². The van der Waals surface area contributed by atoms with E-state index in [0.717, 1.165) is 24.6 Å². The Kier molecular flexibility index (Phi) is 8.34. The molecule has 4 N–H and O–H groups in total. The van der Waals surface area contributed by atoms with Gasteiger partial charge in [-0.2, -0.15) is 13.2 Å². The number of carbonyl (C=O) groups excluding carboxylic acids is 1. The zero-order chi connectivity index (χ0) is 28.2.